The van der Waals surface area contributed by atoms with Crippen LogP contribution in [-0.4, -0.2) is 0 Å². The van der Waals surface area contributed by atoms with Crippen LogP contribution in [0.25, 0.3) is 93.9 Å². The van der Waals surface area contributed by atoms with Crippen LogP contribution in [0.3, 0.4) is 0 Å². The Bertz CT molecular complexity index is 8810. The molecule has 0 saturated heterocycles. The Labute approximate surface area is 809 Å². The molecule has 9 aliphatic rings. The zero-order valence-electron chi connectivity index (χ0n) is 75.0. The van der Waals surface area contributed by atoms with E-state index in [0.717, 1.165) is 103 Å². The largest absolute Gasteiger partial charge is 0.457 e. The van der Waals surface area contributed by atoms with E-state index < -0.39 is 21.7 Å². The zero-order valence-corrected chi connectivity index (χ0v) is 76.6. The monoisotopic (exact) mass is 1790 g/mol. The molecule has 0 radical (unpaired) electrons. The fourth-order valence-corrected chi connectivity index (χ4v) is 28.7. The van der Waals surface area contributed by atoms with Crippen LogP contribution in [0.1, 0.15) is 102 Å². The lowest BCUT2D eigenvalue weighted by molar-refractivity contribution is 0.390. The third kappa shape index (κ3) is 10.5. The average molecular weight is 1790 g/mol. The summed E-state index contributed by atoms with van der Waals surface area (Å²) in [6, 6.07) is 177. The first-order chi connectivity index (χ1) is 68.4. The van der Waals surface area contributed by atoms with Crippen LogP contribution < -0.4 is 19.3 Å². The highest BCUT2D eigenvalue weighted by molar-refractivity contribution is 7.99. The minimum atomic E-state index is -0.716. The number of benzene rings is 21. The number of ether oxygens (including phenoxy) is 2. The van der Waals surface area contributed by atoms with Gasteiger partial charge in [-0.3, -0.25) is 0 Å². The molecule has 138 heavy (non-hydrogen) atoms. The van der Waals surface area contributed by atoms with E-state index in [1.807, 2.05) is 23.5 Å². The zero-order chi connectivity index (χ0) is 90.3. The molecular formula is C132H82N2O2S2. The maximum atomic E-state index is 7.50. The van der Waals surface area contributed by atoms with Crippen LogP contribution in [0.4, 0.5) is 34.1 Å². The van der Waals surface area contributed by atoms with Crippen LogP contribution in [0, 0.1) is 0 Å². The van der Waals surface area contributed by atoms with Gasteiger partial charge in [-0.2, -0.15) is 0 Å². The molecule has 21 aromatic carbocycles. The van der Waals surface area contributed by atoms with Crippen LogP contribution in [0.15, 0.2) is 504 Å². The van der Waals surface area contributed by atoms with Gasteiger partial charge < -0.3 is 19.3 Å². The third-order valence-corrected chi connectivity index (χ3v) is 34.0. The van der Waals surface area contributed by atoms with Crippen molar-refractivity contribution in [2.45, 2.75) is 54.1 Å². The van der Waals surface area contributed by atoms with Crippen molar-refractivity contribution >= 4 is 84.8 Å². The van der Waals surface area contributed by atoms with Crippen molar-refractivity contribution in [2.75, 3.05) is 9.80 Å². The van der Waals surface area contributed by atoms with Crippen molar-refractivity contribution < 1.29 is 9.47 Å². The standard InChI is InChI=1S/C132H82N2O2S2/c1-2-29-81(30-3-1)82-59-66-90(67-60-82)134(92-70-72-97-114(80-92)132(112-74-63-84-31-4-6-35-93(84)125(97)112)108-46-17-24-57-123(108)138-124-58-25-18-47-109(124)132)116-51-28-49-111-128(116)96-38-9-11-40-100(96)130(111)104-43-14-21-54-119(104)136-120-78-88(65-73-105(120)130)87-34-26-33-86(77-87)83-61-68-89(69-62-83)133(115-50-27-48-110-127(115)95-37-8-10-39-99(95)129(110)102-41-12-19-52-117(102)135-118-53-20-13-42-103(118)129)91-71-76-101-98(79-91)126-94-36-7-5-32-85(94)64-75-113(126)131(101)106-44-15-22-55-121(106)137-122-56-23-16-45-107(122)131/h1-64,66-72,74-80H,65,73H2. The number of para-hydroxylation sites is 3. The molecule has 1 unspecified atom stereocenters. The molecule has 4 heterocycles. The Morgan fingerprint density at radius 2 is 0.572 bits per heavy atom. The first-order valence-corrected chi connectivity index (χ1v) is 49.7. The van der Waals surface area contributed by atoms with E-state index in [1.54, 1.807) is 0 Å². The number of hydrogen-bond acceptors (Lipinski definition) is 6. The van der Waals surface area contributed by atoms with E-state index in [4.69, 9.17) is 9.47 Å². The SMILES string of the molecule is C1=C(c2cccc(-c3ccc(N(c4ccc5c(c4)-c4c(ccc6ccccc46)C54c5ccccc5Sc5ccccc54)c4cccc5c4-c4ccccc4C54c5ccccc5Oc5ccccc54)cc3)c2)CCC2=C1Oc1ccccc1C21c2ccccc2-c2c(N(c3ccc(-c4ccccc4)cc3)c3ccc4c(c3)C3(c5ccccc5Sc5ccccc53)c3ccc5ccccc5c3-4)cccc21. The second-order valence-corrected chi connectivity index (χ2v) is 40.1. The summed E-state index contributed by atoms with van der Waals surface area (Å²) in [5, 5.41) is 4.96. The smallest absolute Gasteiger partial charge is 0.132 e. The Morgan fingerprint density at radius 3 is 1.14 bits per heavy atom. The number of anilines is 6. The summed E-state index contributed by atoms with van der Waals surface area (Å²) in [6.07, 6.45) is 3.96. The predicted octanol–water partition coefficient (Wildman–Crippen LogP) is 34.2. The Balaban J connectivity index is 0.569. The van der Waals surface area contributed by atoms with Gasteiger partial charge in [0.2, 0.25) is 0 Å². The number of fused-ring (bicyclic) bond motifs is 39. The Kier molecular flexibility index (Phi) is 16.7. The van der Waals surface area contributed by atoms with Gasteiger partial charge in [-0.15, -0.1) is 0 Å². The van der Waals surface area contributed by atoms with Crippen LogP contribution in [0.5, 0.6) is 17.2 Å². The number of nitrogens with zero attached hydrogens (tertiary/aromatic N) is 2. The summed E-state index contributed by atoms with van der Waals surface area (Å²) in [6.45, 7) is 0. The van der Waals surface area contributed by atoms with Crippen molar-refractivity contribution in [3.8, 4) is 84.0 Å². The molecule has 0 amide bonds. The molecule has 5 aliphatic carbocycles. The second kappa shape index (κ2) is 29.5. The minimum absolute atomic E-state index is 0.583. The quantitative estimate of drug-likeness (QED) is 0.143. The van der Waals surface area contributed by atoms with Gasteiger partial charge in [0.1, 0.15) is 23.0 Å². The Hall–Kier alpha value is -16.5. The van der Waals surface area contributed by atoms with E-state index in [1.165, 1.54) is 175 Å². The number of allylic oxidation sites excluding steroid dienone is 3. The predicted molar refractivity (Wildman–Crippen MR) is 565 cm³/mol. The second-order valence-electron chi connectivity index (χ2n) is 38.0. The van der Waals surface area contributed by atoms with E-state index in [2.05, 4.69) is 483 Å². The van der Waals surface area contributed by atoms with E-state index >= 15 is 0 Å². The molecule has 1 atom stereocenters. The van der Waals surface area contributed by atoms with Gasteiger partial charge in [-0.05, 0) is 289 Å². The molecule has 30 rings (SSSR count). The molecule has 0 fully saturated rings. The molecule has 6 heteroatoms. The van der Waals surface area contributed by atoms with Gasteiger partial charge in [-0.1, -0.05) is 381 Å². The highest BCUT2D eigenvalue weighted by Gasteiger charge is 2.58. The fourth-order valence-electron chi connectivity index (χ4n) is 26.3. The lowest BCUT2D eigenvalue weighted by Gasteiger charge is -2.42. The van der Waals surface area contributed by atoms with E-state index in [9.17, 15) is 0 Å². The topological polar surface area (TPSA) is 24.9 Å². The fraction of sp³-hybridized carbons (Fsp3) is 0.0455. The van der Waals surface area contributed by atoms with Crippen LogP contribution in [-0.2, 0) is 21.7 Å². The molecule has 0 aromatic heterocycles. The van der Waals surface area contributed by atoms with Crippen LogP contribution >= 0.6 is 23.5 Å². The average Bonchev–Trinajstić information content (AvgIpc) is 1.53. The molecule has 4 spiro atoms. The van der Waals surface area contributed by atoms with Crippen molar-refractivity contribution in [3.63, 3.8) is 0 Å². The van der Waals surface area contributed by atoms with Crippen molar-refractivity contribution in [2.24, 2.45) is 0 Å². The first-order valence-electron chi connectivity index (χ1n) is 48.0. The Morgan fingerprint density at radius 1 is 0.210 bits per heavy atom. The van der Waals surface area contributed by atoms with Gasteiger partial charge >= 0.3 is 0 Å². The third-order valence-electron chi connectivity index (χ3n) is 31.7. The summed E-state index contributed by atoms with van der Waals surface area (Å²) < 4.78 is 14.4. The number of hydrogen-bond donors (Lipinski definition) is 0. The van der Waals surface area contributed by atoms with Crippen molar-refractivity contribution in [3.05, 3.63) is 574 Å². The summed E-state index contributed by atoms with van der Waals surface area (Å²) in [5.41, 5.74) is 40.9. The maximum absolute atomic E-state index is 7.50. The molecular weight excluding hydrogens is 1710 g/mol. The molecule has 644 valence electrons. The van der Waals surface area contributed by atoms with Gasteiger partial charge in [0, 0.05) is 70.1 Å². The van der Waals surface area contributed by atoms with Crippen molar-refractivity contribution in [1.82, 2.24) is 0 Å². The molecule has 4 aliphatic heterocycles. The van der Waals surface area contributed by atoms with Crippen molar-refractivity contribution in [1.29, 1.82) is 0 Å². The molecule has 0 saturated carbocycles. The molecule has 4 nitrogen and oxygen atoms in total. The highest BCUT2D eigenvalue weighted by Crippen LogP contribution is 2.71. The summed E-state index contributed by atoms with van der Waals surface area (Å²) >= 11 is 3.78. The highest BCUT2D eigenvalue weighted by atomic mass is 32.2. The van der Waals surface area contributed by atoms with E-state index in [-0.39, 0.29) is 0 Å². The minimum Gasteiger partial charge on any atom is -0.457 e. The number of rotatable bonds is 9. The lowest BCUT2D eigenvalue weighted by Crippen LogP contribution is -2.35. The molecule has 0 N–H and O–H groups in total. The normalized spacial score (nSPS) is 15.9. The maximum Gasteiger partial charge on any atom is 0.132 e. The van der Waals surface area contributed by atoms with Gasteiger partial charge in [0.15, 0.2) is 0 Å². The summed E-state index contributed by atoms with van der Waals surface area (Å²) in [7, 11) is 0. The van der Waals surface area contributed by atoms with Gasteiger partial charge in [-0.25, -0.2) is 0 Å². The van der Waals surface area contributed by atoms with E-state index in [0.29, 0.717) is 0 Å². The molecule has 21 aromatic rings. The summed E-state index contributed by atoms with van der Waals surface area (Å²) in [4.78, 5) is 10.3. The first kappa shape index (κ1) is 77.9. The van der Waals surface area contributed by atoms with Gasteiger partial charge in [0.25, 0.3) is 0 Å². The van der Waals surface area contributed by atoms with Crippen LogP contribution in [0.2, 0.25) is 0 Å². The summed E-state index contributed by atoms with van der Waals surface area (Å²) in [5.74, 6) is 3.51. The molecule has 0 bridgehead atoms. The van der Waals surface area contributed by atoms with Gasteiger partial charge in [0.05, 0.1) is 33.0 Å². The lowest BCUT2D eigenvalue weighted by atomic mass is 9.63.